The topological polar surface area (TPSA) is 45.9 Å². The molecule has 0 saturated carbocycles. The minimum Gasteiger partial charge on any atom is -0.497 e. The number of amides is 1. The molecule has 1 amide bonds. The van der Waals surface area contributed by atoms with Crippen LogP contribution in [0.5, 0.6) is 5.75 Å². The van der Waals surface area contributed by atoms with Crippen LogP contribution >= 0.6 is 11.8 Å². The summed E-state index contributed by atoms with van der Waals surface area (Å²) < 4.78 is 10.8. The standard InChI is InChI=1S/C23H24N2O3S/c1-27-20-9-7-19(8-10-20)24-12-14-25(15-13-24)23(26)22-18(11-16-28-22)17-29-21-5-3-2-4-6-21/h2-11,16H,12-15,17H2,1H3. The first-order valence-corrected chi connectivity index (χ1v) is 10.7. The maximum absolute atomic E-state index is 13.0. The molecular formula is C23H24N2O3S. The Balaban J connectivity index is 1.35. The Morgan fingerprint density at radius 1 is 1.00 bits per heavy atom. The Bertz CT molecular complexity index is 932. The summed E-state index contributed by atoms with van der Waals surface area (Å²) in [6.45, 7) is 2.95. The van der Waals surface area contributed by atoms with Gasteiger partial charge in [0.15, 0.2) is 5.76 Å². The highest BCUT2D eigenvalue weighted by atomic mass is 32.2. The maximum atomic E-state index is 13.0. The molecule has 2 heterocycles. The second-order valence-corrected chi connectivity index (χ2v) is 7.90. The number of rotatable bonds is 6. The minimum atomic E-state index is -0.0203. The summed E-state index contributed by atoms with van der Waals surface area (Å²) in [5.74, 6) is 2.01. The lowest BCUT2D eigenvalue weighted by molar-refractivity contribution is 0.0713. The van der Waals surface area contributed by atoms with Gasteiger partial charge in [-0.05, 0) is 42.5 Å². The molecule has 1 aliphatic rings. The molecule has 3 aromatic rings. The first kappa shape index (κ1) is 19.5. The molecule has 0 atom stereocenters. The van der Waals surface area contributed by atoms with E-state index in [1.807, 2.05) is 41.3 Å². The number of hydrogen-bond acceptors (Lipinski definition) is 5. The molecule has 2 aromatic carbocycles. The second kappa shape index (κ2) is 9.09. The molecule has 1 fully saturated rings. The van der Waals surface area contributed by atoms with Crippen molar-refractivity contribution in [2.75, 3.05) is 38.2 Å². The van der Waals surface area contributed by atoms with Gasteiger partial charge in [-0.2, -0.15) is 0 Å². The van der Waals surface area contributed by atoms with E-state index in [9.17, 15) is 4.79 Å². The van der Waals surface area contributed by atoms with Gasteiger partial charge in [-0.25, -0.2) is 0 Å². The van der Waals surface area contributed by atoms with Crippen molar-refractivity contribution >= 4 is 23.4 Å². The van der Waals surface area contributed by atoms with Gasteiger partial charge in [-0.1, -0.05) is 18.2 Å². The Morgan fingerprint density at radius 2 is 1.72 bits per heavy atom. The third-order valence-electron chi connectivity index (χ3n) is 5.08. The fourth-order valence-corrected chi connectivity index (χ4v) is 4.32. The number of piperazine rings is 1. The summed E-state index contributed by atoms with van der Waals surface area (Å²) in [7, 11) is 1.67. The van der Waals surface area contributed by atoms with Gasteiger partial charge in [0.05, 0.1) is 13.4 Å². The van der Waals surface area contributed by atoms with Crippen LogP contribution < -0.4 is 9.64 Å². The van der Waals surface area contributed by atoms with Crippen LogP contribution in [0.25, 0.3) is 0 Å². The third kappa shape index (κ3) is 4.59. The average Bonchev–Trinajstić information content (AvgIpc) is 3.27. The van der Waals surface area contributed by atoms with E-state index in [2.05, 4.69) is 29.2 Å². The van der Waals surface area contributed by atoms with E-state index in [4.69, 9.17) is 9.15 Å². The molecule has 1 saturated heterocycles. The van der Waals surface area contributed by atoms with Crippen LogP contribution in [0.3, 0.4) is 0 Å². The number of anilines is 1. The van der Waals surface area contributed by atoms with Gasteiger partial charge in [-0.3, -0.25) is 4.79 Å². The fourth-order valence-electron chi connectivity index (χ4n) is 3.42. The highest BCUT2D eigenvalue weighted by Crippen LogP contribution is 2.26. The van der Waals surface area contributed by atoms with Crippen LogP contribution in [0.15, 0.2) is 76.2 Å². The Labute approximate surface area is 175 Å². The number of furan rings is 1. The largest absolute Gasteiger partial charge is 0.497 e. The zero-order valence-corrected chi connectivity index (χ0v) is 17.2. The number of hydrogen-bond donors (Lipinski definition) is 0. The molecular weight excluding hydrogens is 384 g/mol. The van der Waals surface area contributed by atoms with Crippen molar-refractivity contribution < 1.29 is 13.9 Å². The van der Waals surface area contributed by atoms with Crippen molar-refractivity contribution in [2.45, 2.75) is 10.6 Å². The summed E-state index contributed by atoms with van der Waals surface area (Å²) >= 11 is 1.71. The molecule has 0 radical (unpaired) electrons. The van der Waals surface area contributed by atoms with Gasteiger partial charge in [0.1, 0.15) is 5.75 Å². The molecule has 0 N–H and O–H groups in total. The van der Waals surface area contributed by atoms with Crippen molar-refractivity contribution in [2.24, 2.45) is 0 Å². The predicted molar refractivity (Wildman–Crippen MR) is 116 cm³/mol. The van der Waals surface area contributed by atoms with Gasteiger partial charge >= 0.3 is 0 Å². The van der Waals surface area contributed by atoms with Crippen LogP contribution in [0.4, 0.5) is 5.69 Å². The van der Waals surface area contributed by atoms with E-state index in [1.54, 1.807) is 25.1 Å². The first-order chi connectivity index (χ1) is 14.2. The number of carbonyl (C=O) groups is 1. The lowest BCUT2D eigenvalue weighted by Gasteiger charge is -2.35. The van der Waals surface area contributed by atoms with E-state index >= 15 is 0 Å². The van der Waals surface area contributed by atoms with Crippen LogP contribution in [-0.2, 0) is 5.75 Å². The molecule has 4 rings (SSSR count). The number of nitrogens with zero attached hydrogens (tertiary/aromatic N) is 2. The highest BCUT2D eigenvalue weighted by Gasteiger charge is 2.26. The van der Waals surface area contributed by atoms with Gasteiger partial charge in [-0.15, -0.1) is 11.8 Å². The van der Waals surface area contributed by atoms with E-state index in [1.165, 1.54) is 4.90 Å². The monoisotopic (exact) mass is 408 g/mol. The molecule has 0 unspecified atom stereocenters. The number of methoxy groups -OCH3 is 1. The van der Waals surface area contributed by atoms with Gasteiger partial charge in [0.25, 0.3) is 5.91 Å². The molecule has 5 nitrogen and oxygen atoms in total. The highest BCUT2D eigenvalue weighted by molar-refractivity contribution is 7.98. The molecule has 1 aromatic heterocycles. The summed E-state index contributed by atoms with van der Waals surface area (Å²) in [5, 5.41) is 0. The van der Waals surface area contributed by atoms with Crippen LogP contribution in [-0.4, -0.2) is 44.1 Å². The summed E-state index contributed by atoms with van der Waals surface area (Å²) in [5.41, 5.74) is 2.09. The number of thioether (sulfide) groups is 1. The lowest BCUT2D eigenvalue weighted by Crippen LogP contribution is -2.48. The third-order valence-corrected chi connectivity index (χ3v) is 6.14. The summed E-state index contributed by atoms with van der Waals surface area (Å²) in [6.07, 6.45) is 1.61. The van der Waals surface area contributed by atoms with Crippen molar-refractivity contribution in [1.82, 2.24) is 4.90 Å². The normalized spacial score (nSPS) is 14.1. The fraction of sp³-hybridized carbons (Fsp3) is 0.261. The minimum absolute atomic E-state index is 0.0203. The first-order valence-electron chi connectivity index (χ1n) is 9.67. The molecule has 0 spiro atoms. The molecule has 0 aliphatic carbocycles. The zero-order valence-electron chi connectivity index (χ0n) is 16.4. The van der Waals surface area contributed by atoms with Crippen LogP contribution in [0.1, 0.15) is 16.1 Å². The second-order valence-electron chi connectivity index (χ2n) is 6.85. The average molecular weight is 409 g/mol. The zero-order chi connectivity index (χ0) is 20.1. The molecule has 1 aliphatic heterocycles. The van der Waals surface area contributed by atoms with Crippen molar-refractivity contribution in [1.29, 1.82) is 0 Å². The molecule has 6 heteroatoms. The van der Waals surface area contributed by atoms with E-state index in [-0.39, 0.29) is 5.91 Å². The van der Waals surface area contributed by atoms with E-state index in [0.717, 1.165) is 30.1 Å². The van der Waals surface area contributed by atoms with Crippen molar-refractivity contribution in [3.05, 3.63) is 78.3 Å². The number of carbonyl (C=O) groups excluding carboxylic acids is 1. The summed E-state index contributed by atoms with van der Waals surface area (Å²) in [4.78, 5) is 18.4. The summed E-state index contributed by atoms with van der Waals surface area (Å²) in [6, 6.07) is 20.1. The Morgan fingerprint density at radius 3 is 2.41 bits per heavy atom. The smallest absolute Gasteiger partial charge is 0.289 e. The maximum Gasteiger partial charge on any atom is 0.289 e. The van der Waals surface area contributed by atoms with Gasteiger partial charge in [0.2, 0.25) is 0 Å². The van der Waals surface area contributed by atoms with E-state index in [0.29, 0.717) is 24.6 Å². The van der Waals surface area contributed by atoms with E-state index < -0.39 is 0 Å². The number of ether oxygens (including phenoxy) is 1. The lowest BCUT2D eigenvalue weighted by atomic mass is 10.2. The van der Waals surface area contributed by atoms with Gasteiger partial charge < -0.3 is 19.0 Å². The predicted octanol–water partition coefficient (Wildman–Crippen LogP) is 4.54. The quantitative estimate of drug-likeness (QED) is 0.560. The van der Waals surface area contributed by atoms with Crippen molar-refractivity contribution in [3.63, 3.8) is 0 Å². The van der Waals surface area contributed by atoms with Gasteiger partial charge in [0, 0.05) is 48.1 Å². The molecule has 0 bridgehead atoms. The SMILES string of the molecule is COc1ccc(N2CCN(C(=O)c3occc3CSc3ccccc3)CC2)cc1. The Kier molecular flexibility index (Phi) is 6.10. The van der Waals surface area contributed by atoms with Crippen molar-refractivity contribution in [3.8, 4) is 5.75 Å². The van der Waals surface area contributed by atoms with Crippen LogP contribution in [0, 0.1) is 0 Å². The van der Waals surface area contributed by atoms with Crippen LogP contribution in [0.2, 0.25) is 0 Å². The Hall–Kier alpha value is -2.86. The number of benzene rings is 2. The molecule has 29 heavy (non-hydrogen) atoms. The molecule has 150 valence electrons.